The van der Waals surface area contributed by atoms with Crippen LogP contribution in [0.15, 0.2) is 42.6 Å². The predicted molar refractivity (Wildman–Crippen MR) is 79.5 cm³/mol. The Morgan fingerprint density at radius 1 is 1.30 bits per heavy atom. The number of nitrogens with one attached hydrogen (secondary N) is 2. The molecule has 0 bridgehead atoms. The number of hydrogen-bond donors (Lipinski definition) is 2. The molecule has 0 aliphatic carbocycles. The molecule has 0 spiro atoms. The number of aromatic nitrogens is 2. The summed E-state index contributed by atoms with van der Waals surface area (Å²) in [6.07, 6.45) is 1.77. The maximum absolute atomic E-state index is 13.1. The summed E-state index contributed by atoms with van der Waals surface area (Å²) in [5.41, 5.74) is 2.73. The van der Waals surface area contributed by atoms with Gasteiger partial charge in [0.2, 0.25) is 0 Å². The molecule has 3 aromatic rings. The molecule has 20 heavy (non-hydrogen) atoms. The Bertz CT molecular complexity index is 754. The number of H-pyrrole nitrogens is 1. The van der Waals surface area contributed by atoms with Gasteiger partial charge in [-0.25, -0.2) is 4.39 Å². The highest BCUT2D eigenvalue weighted by atomic mass is 35.5. The second-order valence-corrected chi connectivity index (χ2v) is 5.08. The zero-order valence-electron chi connectivity index (χ0n) is 10.8. The summed E-state index contributed by atoms with van der Waals surface area (Å²) in [5, 5.41) is 11.8. The molecular formula is C15H13ClFN3. The average Bonchev–Trinajstić information content (AvgIpc) is 2.87. The van der Waals surface area contributed by atoms with E-state index in [4.69, 9.17) is 11.6 Å². The van der Waals surface area contributed by atoms with Crippen LogP contribution >= 0.6 is 11.6 Å². The quantitative estimate of drug-likeness (QED) is 0.744. The Balaban J connectivity index is 1.92. The van der Waals surface area contributed by atoms with E-state index in [0.717, 1.165) is 22.2 Å². The van der Waals surface area contributed by atoms with E-state index in [-0.39, 0.29) is 11.9 Å². The largest absolute Gasteiger partial charge is 0.377 e. The minimum Gasteiger partial charge on any atom is -0.377 e. The van der Waals surface area contributed by atoms with Gasteiger partial charge < -0.3 is 5.32 Å². The molecule has 0 amide bonds. The normalized spacial score (nSPS) is 12.6. The van der Waals surface area contributed by atoms with Crippen molar-refractivity contribution >= 4 is 28.2 Å². The van der Waals surface area contributed by atoms with Crippen LogP contribution < -0.4 is 5.32 Å². The van der Waals surface area contributed by atoms with Crippen LogP contribution in [0.1, 0.15) is 18.5 Å². The molecular weight excluding hydrogens is 277 g/mol. The average molecular weight is 290 g/mol. The van der Waals surface area contributed by atoms with Crippen LogP contribution in [0.5, 0.6) is 0 Å². The molecule has 2 N–H and O–H groups in total. The first-order valence-electron chi connectivity index (χ1n) is 6.29. The van der Waals surface area contributed by atoms with Crippen molar-refractivity contribution in [1.82, 2.24) is 10.2 Å². The van der Waals surface area contributed by atoms with Gasteiger partial charge in [0.05, 0.1) is 23.4 Å². The van der Waals surface area contributed by atoms with Gasteiger partial charge in [-0.1, -0.05) is 29.8 Å². The van der Waals surface area contributed by atoms with Gasteiger partial charge in [-0.2, -0.15) is 5.10 Å². The predicted octanol–water partition coefficient (Wildman–Crippen LogP) is 4.53. The van der Waals surface area contributed by atoms with E-state index in [9.17, 15) is 4.39 Å². The standard InChI is InChI=1S/C15H13ClFN3/c1-9(12-6-5-11(17)7-13(12)16)19-14-4-2-3-10-8-18-20-15(10)14/h2-9,19H,1H3,(H,18,20). The van der Waals surface area contributed by atoms with Crippen molar-refractivity contribution in [2.75, 3.05) is 5.32 Å². The lowest BCUT2D eigenvalue weighted by Gasteiger charge is -2.17. The zero-order valence-corrected chi connectivity index (χ0v) is 11.6. The summed E-state index contributed by atoms with van der Waals surface area (Å²) in [4.78, 5) is 0. The Hall–Kier alpha value is -2.07. The van der Waals surface area contributed by atoms with Crippen molar-refractivity contribution in [2.45, 2.75) is 13.0 Å². The van der Waals surface area contributed by atoms with Crippen molar-refractivity contribution in [3.05, 3.63) is 59.0 Å². The minimum absolute atomic E-state index is 0.0444. The smallest absolute Gasteiger partial charge is 0.124 e. The van der Waals surface area contributed by atoms with Crippen LogP contribution in [0.25, 0.3) is 10.9 Å². The van der Waals surface area contributed by atoms with Crippen LogP contribution in [0.3, 0.4) is 0 Å². The Kier molecular flexibility index (Phi) is 3.32. The molecule has 0 aliphatic heterocycles. The summed E-state index contributed by atoms with van der Waals surface area (Å²) < 4.78 is 13.1. The van der Waals surface area contributed by atoms with E-state index in [1.165, 1.54) is 12.1 Å². The van der Waals surface area contributed by atoms with Crippen LogP contribution in [-0.4, -0.2) is 10.2 Å². The number of nitrogens with zero attached hydrogens (tertiary/aromatic N) is 1. The number of aromatic amines is 1. The molecule has 0 aliphatic rings. The lowest BCUT2D eigenvalue weighted by atomic mass is 10.1. The van der Waals surface area contributed by atoms with Crippen molar-refractivity contribution in [3.63, 3.8) is 0 Å². The molecule has 0 radical (unpaired) electrons. The van der Waals surface area contributed by atoms with E-state index < -0.39 is 0 Å². The Labute approximate surface area is 120 Å². The molecule has 1 heterocycles. The molecule has 1 unspecified atom stereocenters. The van der Waals surface area contributed by atoms with Gasteiger partial charge in [0.25, 0.3) is 0 Å². The van der Waals surface area contributed by atoms with Crippen molar-refractivity contribution in [2.24, 2.45) is 0 Å². The molecule has 2 aromatic carbocycles. The summed E-state index contributed by atoms with van der Waals surface area (Å²) in [5.74, 6) is -0.332. The number of halogens is 2. The minimum atomic E-state index is -0.332. The van der Waals surface area contributed by atoms with Gasteiger partial charge in [0.15, 0.2) is 0 Å². The highest BCUT2D eigenvalue weighted by Crippen LogP contribution is 2.29. The van der Waals surface area contributed by atoms with Crippen molar-refractivity contribution in [1.29, 1.82) is 0 Å². The van der Waals surface area contributed by atoms with E-state index in [1.54, 1.807) is 12.3 Å². The first-order valence-corrected chi connectivity index (χ1v) is 6.66. The van der Waals surface area contributed by atoms with Gasteiger partial charge in [0, 0.05) is 10.4 Å². The van der Waals surface area contributed by atoms with Crippen LogP contribution in [0, 0.1) is 5.82 Å². The fourth-order valence-electron chi connectivity index (χ4n) is 2.25. The Morgan fingerprint density at radius 2 is 2.15 bits per heavy atom. The van der Waals surface area contributed by atoms with E-state index in [0.29, 0.717) is 5.02 Å². The molecule has 1 atom stereocenters. The summed E-state index contributed by atoms with van der Waals surface area (Å²) >= 11 is 6.09. The lowest BCUT2D eigenvalue weighted by Crippen LogP contribution is -2.07. The van der Waals surface area contributed by atoms with Crippen molar-refractivity contribution in [3.8, 4) is 0 Å². The number of rotatable bonds is 3. The number of para-hydroxylation sites is 1. The van der Waals surface area contributed by atoms with Crippen LogP contribution in [0.4, 0.5) is 10.1 Å². The fraction of sp³-hybridized carbons (Fsp3) is 0.133. The first kappa shape index (κ1) is 12.9. The SMILES string of the molecule is CC(Nc1cccc2cn[nH]c12)c1ccc(F)cc1Cl. The maximum atomic E-state index is 13.1. The fourth-order valence-corrected chi connectivity index (χ4v) is 2.58. The molecule has 102 valence electrons. The van der Waals surface area contributed by atoms with Crippen molar-refractivity contribution < 1.29 is 4.39 Å². The molecule has 3 nitrogen and oxygen atoms in total. The number of fused-ring (bicyclic) bond motifs is 1. The third-order valence-electron chi connectivity index (χ3n) is 3.28. The topological polar surface area (TPSA) is 40.7 Å². The third kappa shape index (κ3) is 2.34. The number of benzene rings is 2. The zero-order chi connectivity index (χ0) is 14.1. The molecule has 0 saturated heterocycles. The summed E-state index contributed by atoms with van der Waals surface area (Å²) in [6, 6.07) is 10.3. The van der Waals surface area contributed by atoms with E-state index in [1.807, 2.05) is 25.1 Å². The van der Waals surface area contributed by atoms with Crippen LogP contribution in [-0.2, 0) is 0 Å². The molecule has 1 aromatic heterocycles. The van der Waals surface area contributed by atoms with Gasteiger partial charge >= 0.3 is 0 Å². The second-order valence-electron chi connectivity index (χ2n) is 4.67. The van der Waals surface area contributed by atoms with E-state index in [2.05, 4.69) is 15.5 Å². The van der Waals surface area contributed by atoms with Gasteiger partial charge in [-0.15, -0.1) is 0 Å². The molecule has 5 heteroatoms. The molecule has 0 saturated carbocycles. The third-order valence-corrected chi connectivity index (χ3v) is 3.61. The summed E-state index contributed by atoms with van der Waals surface area (Å²) in [6.45, 7) is 1.98. The highest BCUT2D eigenvalue weighted by molar-refractivity contribution is 6.31. The first-order chi connectivity index (χ1) is 9.65. The van der Waals surface area contributed by atoms with Gasteiger partial charge in [-0.3, -0.25) is 5.10 Å². The second kappa shape index (κ2) is 5.13. The molecule has 3 rings (SSSR count). The lowest BCUT2D eigenvalue weighted by molar-refractivity contribution is 0.626. The Morgan fingerprint density at radius 3 is 2.95 bits per heavy atom. The van der Waals surface area contributed by atoms with Crippen LogP contribution in [0.2, 0.25) is 5.02 Å². The maximum Gasteiger partial charge on any atom is 0.124 e. The highest BCUT2D eigenvalue weighted by Gasteiger charge is 2.12. The van der Waals surface area contributed by atoms with E-state index >= 15 is 0 Å². The van der Waals surface area contributed by atoms with Gasteiger partial charge in [0.1, 0.15) is 5.82 Å². The number of anilines is 1. The van der Waals surface area contributed by atoms with Gasteiger partial charge in [-0.05, 0) is 30.7 Å². The monoisotopic (exact) mass is 289 g/mol. The molecule has 0 fully saturated rings. The summed E-state index contributed by atoms with van der Waals surface area (Å²) in [7, 11) is 0. The number of hydrogen-bond acceptors (Lipinski definition) is 2.